The van der Waals surface area contributed by atoms with Crippen molar-refractivity contribution in [3.8, 4) is 0 Å². The summed E-state index contributed by atoms with van der Waals surface area (Å²) < 4.78 is 5.34. The first-order valence-corrected chi connectivity index (χ1v) is 6.98. The summed E-state index contributed by atoms with van der Waals surface area (Å²) >= 11 is 0. The maximum atomic E-state index is 12.5. The van der Waals surface area contributed by atoms with Gasteiger partial charge in [0.1, 0.15) is 0 Å². The Bertz CT molecular complexity index is 289. The standard InChI is InChI=1S/C13H22N2O2/c16-13(10-4-8-17-9-5-10)15-7-1-2-11-12(15)3-6-14-11/h10-12,14H,1-9H2. The second-order valence-electron chi connectivity index (χ2n) is 5.48. The molecule has 0 bridgehead atoms. The van der Waals surface area contributed by atoms with E-state index >= 15 is 0 Å². The van der Waals surface area contributed by atoms with E-state index in [1.54, 1.807) is 0 Å². The monoisotopic (exact) mass is 238 g/mol. The number of piperidine rings is 1. The van der Waals surface area contributed by atoms with Crippen LogP contribution in [-0.4, -0.2) is 49.2 Å². The zero-order chi connectivity index (χ0) is 11.7. The molecule has 17 heavy (non-hydrogen) atoms. The van der Waals surface area contributed by atoms with Gasteiger partial charge in [-0.2, -0.15) is 0 Å². The second-order valence-corrected chi connectivity index (χ2v) is 5.48. The summed E-state index contributed by atoms with van der Waals surface area (Å²) in [5.74, 6) is 0.620. The van der Waals surface area contributed by atoms with Gasteiger partial charge in [0.05, 0.1) is 0 Å². The normalized spacial score (nSPS) is 34.7. The van der Waals surface area contributed by atoms with E-state index in [1.807, 2.05) is 0 Å². The molecule has 96 valence electrons. The number of carbonyl (C=O) groups is 1. The molecule has 4 heteroatoms. The minimum atomic E-state index is 0.225. The van der Waals surface area contributed by atoms with Gasteiger partial charge in [-0.05, 0) is 38.6 Å². The van der Waals surface area contributed by atoms with Crippen LogP contribution in [0.2, 0.25) is 0 Å². The number of hydrogen-bond donors (Lipinski definition) is 1. The molecule has 0 saturated carbocycles. The second kappa shape index (κ2) is 4.94. The predicted octanol–water partition coefficient (Wildman–Crippen LogP) is 0.766. The van der Waals surface area contributed by atoms with E-state index in [4.69, 9.17) is 4.74 Å². The lowest BCUT2D eigenvalue weighted by Gasteiger charge is -2.39. The molecule has 3 aliphatic heterocycles. The van der Waals surface area contributed by atoms with Gasteiger partial charge < -0.3 is 15.0 Å². The van der Waals surface area contributed by atoms with Gasteiger partial charge in [0, 0.05) is 37.8 Å². The molecule has 1 amide bonds. The van der Waals surface area contributed by atoms with Crippen molar-refractivity contribution in [1.82, 2.24) is 10.2 Å². The smallest absolute Gasteiger partial charge is 0.226 e. The summed E-state index contributed by atoms with van der Waals surface area (Å²) in [6, 6.07) is 1.03. The molecule has 2 unspecified atom stereocenters. The van der Waals surface area contributed by atoms with Crippen LogP contribution in [0.5, 0.6) is 0 Å². The van der Waals surface area contributed by atoms with Crippen LogP contribution in [0.15, 0.2) is 0 Å². The zero-order valence-corrected chi connectivity index (χ0v) is 10.4. The number of fused-ring (bicyclic) bond motifs is 1. The molecule has 0 aromatic heterocycles. The number of nitrogens with one attached hydrogen (secondary N) is 1. The molecule has 4 nitrogen and oxygen atoms in total. The Morgan fingerprint density at radius 2 is 2.00 bits per heavy atom. The lowest BCUT2D eigenvalue weighted by atomic mass is 9.92. The van der Waals surface area contributed by atoms with Gasteiger partial charge in [-0.15, -0.1) is 0 Å². The SMILES string of the molecule is O=C(C1CCOCC1)N1CCCC2NCCC21. The highest BCUT2D eigenvalue weighted by Gasteiger charge is 2.39. The number of carbonyl (C=O) groups excluding carboxylic acids is 1. The van der Waals surface area contributed by atoms with E-state index in [0.717, 1.165) is 52.0 Å². The summed E-state index contributed by atoms with van der Waals surface area (Å²) in [5.41, 5.74) is 0. The highest BCUT2D eigenvalue weighted by Crippen LogP contribution is 2.28. The summed E-state index contributed by atoms with van der Waals surface area (Å²) in [7, 11) is 0. The van der Waals surface area contributed by atoms with Crippen molar-refractivity contribution < 1.29 is 9.53 Å². The van der Waals surface area contributed by atoms with Crippen molar-refractivity contribution in [3.05, 3.63) is 0 Å². The average Bonchev–Trinajstić information content (AvgIpc) is 2.87. The molecule has 3 aliphatic rings. The highest BCUT2D eigenvalue weighted by atomic mass is 16.5. The van der Waals surface area contributed by atoms with Crippen LogP contribution >= 0.6 is 0 Å². The molecule has 0 aromatic rings. The molecule has 0 aliphatic carbocycles. The molecule has 0 radical (unpaired) electrons. The molecular formula is C13H22N2O2. The van der Waals surface area contributed by atoms with Gasteiger partial charge in [0.25, 0.3) is 0 Å². The Balaban J connectivity index is 1.67. The van der Waals surface area contributed by atoms with Crippen LogP contribution < -0.4 is 5.32 Å². The van der Waals surface area contributed by atoms with Crippen LogP contribution in [0.1, 0.15) is 32.1 Å². The van der Waals surface area contributed by atoms with Crippen molar-refractivity contribution in [3.63, 3.8) is 0 Å². The van der Waals surface area contributed by atoms with Crippen molar-refractivity contribution in [1.29, 1.82) is 0 Å². The maximum absolute atomic E-state index is 12.5. The van der Waals surface area contributed by atoms with Gasteiger partial charge in [0.2, 0.25) is 5.91 Å². The zero-order valence-electron chi connectivity index (χ0n) is 10.4. The third-order valence-electron chi connectivity index (χ3n) is 4.48. The largest absolute Gasteiger partial charge is 0.381 e. The van der Waals surface area contributed by atoms with Gasteiger partial charge in [-0.25, -0.2) is 0 Å². The fourth-order valence-corrected chi connectivity index (χ4v) is 3.52. The van der Waals surface area contributed by atoms with Crippen molar-refractivity contribution >= 4 is 5.91 Å². The van der Waals surface area contributed by atoms with Crippen LogP contribution in [-0.2, 0) is 9.53 Å². The fraction of sp³-hybridized carbons (Fsp3) is 0.923. The Hall–Kier alpha value is -0.610. The Kier molecular flexibility index (Phi) is 3.34. The Morgan fingerprint density at radius 1 is 1.18 bits per heavy atom. The van der Waals surface area contributed by atoms with E-state index in [0.29, 0.717) is 18.0 Å². The van der Waals surface area contributed by atoms with Gasteiger partial charge in [-0.3, -0.25) is 4.79 Å². The number of likely N-dealkylation sites (tertiary alicyclic amines) is 1. The third kappa shape index (κ3) is 2.20. The molecule has 3 fully saturated rings. The number of rotatable bonds is 1. The van der Waals surface area contributed by atoms with Crippen molar-refractivity contribution in [2.45, 2.75) is 44.2 Å². The summed E-state index contributed by atoms with van der Waals surface area (Å²) in [6.45, 7) is 3.57. The Labute approximate surface area is 103 Å². The third-order valence-corrected chi connectivity index (χ3v) is 4.48. The maximum Gasteiger partial charge on any atom is 0.226 e. The molecule has 3 saturated heterocycles. The number of amides is 1. The molecule has 3 rings (SSSR count). The first-order valence-electron chi connectivity index (χ1n) is 6.98. The predicted molar refractivity (Wildman–Crippen MR) is 64.7 cm³/mol. The lowest BCUT2D eigenvalue weighted by Crippen LogP contribution is -2.53. The van der Waals surface area contributed by atoms with Crippen molar-refractivity contribution in [2.24, 2.45) is 5.92 Å². The molecule has 1 N–H and O–H groups in total. The Morgan fingerprint density at radius 3 is 2.82 bits per heavy atom. The topological polar surface area (TPSA) is 41.6 Å². The van der Waals surface area contributed by atoms with Gasteiger partial charge in [-0.1, -0.05) is 0 Å². The molecule has 0 aromatic carbocycles. The van der Waals surface area contributed by atoms with Crippen LogP contribution in [0, 0.1) is 5.92 Å². The van der Waals surface area contributed by atoms with Gasteiger partial charge in [0.15, 0.2) is 0 Å². The summed E-state index contributed by atoms with van der Waals surface area (Å²) in [4.78, 5) is 14.7. The molecule has 0 spiro atoms. The molecule has 3 heterocycles. The van der Waals surface area contributed by atoms with Crippen molar-refractivity contribution in [2.75, 3.05) is 26.3 Å². The number of nitrogens with zero attached hydrogens (tertiary/aromatic N) is 1. The van der Waals surface area contributed by atoms with E-state index in [-0.39, 0.29) is 5.92 Å². The number of hydrogen-bond acceptors (Lipinski definition) is 3. The summed E-state index contributed by atoms with van der Waals surface area (Å²) in [6.07, 6.45) is 5.37. The van der Waals surface area contributed by atoms with Crippen LogP contribution in [0.3, 0.4) is 0 Å². The quantitative estimate of drug-likeness (QED) is 0.733. The first kappa shape index (κ1) is 11.5. The minimum Gasteiger partial charge on any atom is -0.381 e. The molecule has 2 atom stereocenters. The van der Waals surface area contributed by atoms with E-state index in [9.17, 15) is 4.79 Å². The van der Waals surface area contributed by atoms with E-state index in [1.165, 1.54) is 6.42 Å². The fourth-order valence-electron chi connectivity index (χ4n) is 3.52. The lowest BCUT2D eigenvalue weighted by molar-refractivity contribution is -0.142. The van der Waals surface area contributed by atoms with Crippen LogP contribution in [0.25, 0.3) is 0 Å². The van der Waals surface area contributed by atoms with E-state index < -0.39 is 0 Å². The minimum absolute atomic E-state index is 0.225. The first-order chi connectivity index (χ1) is 8.36. The summed E-state index contributed by atoms with van der Waals surface area (Å²) in [5, 5.41) is 3.53. The average molecular weight is 238 g/mol. The van der Waals surface area contributed by atoms with Crippen LogP contribution in [0.4, 0.5) is 0 Å². The van der Waals surface area contributed by atoms with Gasteiger partial charge >= 0.3 is 0 Å². The molecular weight excluding hydrogens is 216 g/mol. The van der Waals surface area contributed by atoms with E-state index in [2.05, 4.69) is 10.2 Å². The highest BCUT2D eigenvalue weighted by molar-refractivity contribution is 5.79. The number of ether oxygens (including phenoxy) is 1.